The van der Waals surface area contributed by atoms with Crippen LogP contribution in [0.25, 0.3) is 10.9 Å². The highest BCUT2D eigenvalue weighted by molar-refractivity contribution is 7.97. The summed E-state index contributed by atoms with van der Waals surface area (Å²) in [5.74, 6) is 0.972. The second-order valence-electron chi connectivity index (χ2n) is 10.9. The van der Waals surface area contributed by atoms with Gasteiger partial charge < -0.3 is 10.2 Å². The first kappa shape index (κ1) is 22.5. The van der Waals surface area contributed by atoms with Crippen molar-refractivity contribution in [2.45, 2.75) is 51.0 Å². The first-order chi connectivity index (χ1) is 15.8. The van der Waals surface area contributed by atoms with Crippen molar-refractivity contribution >= 4 is 28.8 Å². The number of rotatable bonds is 4. The molecular weight excluding hydrogens is 426 g/mol. The Labute approximate surface area is 201 Å². The number of amides is 1. The van der Waals surface area contributed by atoms with Crippen LogP contribution in [0, 0.1) is 5.92 Å². The normalized spacial score (nSPS) is 22.9. The Balaban J connectivity index is 1.46. The third-order valence-corrected chi connectivity index (χ3v) is 8.32. The van der Waals surface area contributed by atoms with Gasteiger partial charge in [0.1, 0.15) is 0 Å². The van der Waals surface area contributed by atoms with Crippen LogP contribution in [0.15, 0.2) is 48.7 Å². The molecule has 1 aliphatic carbocycles. The van der Waals surface area contributed by atoms with Crippen LogP contribution >= 0.6 is 11.9 Å². The number of hydrogen-bond acceptors (Lipinski definition) is 3. The quantitative estimate of drug-likeness (QED) is 0.561. The maximum atomic E-state index is 12.6. The second kappa shape index (κ2) is 8.52. The van der Waals surface area contributed by atoms with Crippen LogP contribution in [0.5, 0.6) is 0 Å². The molecule has 1 fully saturated rings. The lowest BCUT2D eigenvalue weighted by Crippen LogP contribution is -2.50. The highest BCUT2D eigenvalue weighted by atomic mass is 32.2. The van der Waals surface area contributed by atoms with Crippen molar-refractivity contribution in [3.8, 4) is 0 Å². The Hall–Kier alpha value is -2.24. The molecule has 174 valence electrons. The van der Waals surface area contributed by atoms with Gasteiger partial charge in [0.2, 0.25) is 0 Å². The van der Waals surface area contributed by atoms with Gasteiger partial charge in [-0.05, 0) is 78.1 Å². The van der Waals surface area contributed by atoms with E-state index in [9.17, 15) is 4.79 Å². The molecule has 5 heteroatoms. The third kappa shape index (κ3) is 4.10. The molecule has 1 amide bonds. The molecule has 0 unspecified atom stereocenters. The number of nitrogens with one attached hydrogen (secondary N) is 1. The highest BCUT2D eigenvalue weighted by Gasteiger charge is 2.40. The summed E-state index contributed by atoms with van der Waals surface area (Å²) in [7, 11) is 2.27. The molecule has 5 rings (SSSR count). The van der Waals surface area contributed by atoms with Crippen LogP contribution in [-0.2, 0) is 11.8 Å². The van der Waals surface area contributed by atoms with E-state index in [1.807, 2.05) is 30.3 Å². The lowest BCUT2D eigenvalue weighted by molar-refractivity contribution is 0.0891. The van der Waals surface area contributed by atoms with Crippen LogP contribution in [0.1, 0.15) is 60.2 Å². The average Bonchev–Trinajstić information content (AvgIpc) is 3.16. The number of benzene rings is 2. The van der Waals surface area contributed by atoms with Gasteiger partial charge in [0.05, 0.1) is 5.52 Å². The topological polar surface area (TPSA) is 37.3 Å². The number of fused-ring (bicyclic) bond motifs is 2. The van der Waals surface area contributed by atoms with Gasteiger partial charge in [-0.25, -0.2) is 0 Å². The maximum Gasteiger partial charge on any atom is 0.251 e. The molecule has 1 N–H and O–H groups in total. The van der Waals surface area contributed by atoms with Gasteiger partial charge in [0.15, 0.2) is 0 Å². The van der Waals surface area contributed by atoms with Crippen molar-refractivity contribution in [1.82, 2.24) is 14.2 Å². The predicted molar refractivity (Wildman–Crippen MR) is 139 cm³/mol. The van der Waals surface area contributed by atoms with E-state index in [1.165, 1.54) is 27.6 Å². The minimum atomic E-state index is 0.0282. The zero-order valence-corrected chi connectivity index (χ0v) is 21.2. The van der Waals surface area contributed by atoms with Crippen molar-refractivity contribution in [3.63, 3.8) is 0 Å². The maximum absolute atomic E-state index is 12.6. The molecule has 0 saturated carbocycles. The number of aromatic nitrogens is 1. The Morgan fingerprint density at radius 1 is 1.18 bits per heavy atom. The van der Waals surface area contributed by atoms with Crippen LogP contribution in [0.2, 0.25) is 0 Å². The molecule has 4 nitrogen and oxygen atoms in total. The van der Waals surface area contributed by atoms with E-state index in [1.54, 1.807) is 11.9 Å². The summed E-state index contributed by atoms with van der Waals surface area (Å²) in [6.45, 7) is 8.68. The van der Waals surface area contributed by atoms with E-state index >= 15 is 0 Å². The van der Waals surface area contributed by atoms with Gasteiger partial charge in [-0.3, -0.25) is 8.77 Å². The van der Waals surface area contributed by atoms with Gasteiger partial charge in [0, 0.05) is 48.5 Å². The van der Waals surface area contributed by atoms with Crippen LogP contribution < -0.4 is 5.32 Å². The zero-order valence-electron chi connectivity index (χ0n) is 20.4. The number of likely N-dealkylation sites (tertiary alicyclic amines) is 1. The van der Waals surface area contributed by atoms with Crippen molar-refractivity contribution in [1.29, 1.82) is 0 Å². The first-order valence-electron chi connectivity index (χ1n) is 12.0. The number of piperidine rings is 1. The van der Waals surface area contributed by atoms with E-state index in [0.29, 0.717) is 17.9 Å². The average molecular weight is 462 g/mol. The first-order valence-corrected chi connectivity index (χ1v) is 13.2. The molecule has 1 saturated heterocycles. The van der Waals surface area contributed by atoms with E-state index in [4.69, 9.17) is 0 Å². The number of carbonyl (C=O) groups excluding carboxylic acids is 1. The van der Waals surface area contributed by atoms with E-state index in [0.717, 1.165) is 31.5 Å². The molecule has 0 radical (unpaired) electrons. The van der Waals surface area contributed by atoms with Crippen LogP contribution in [0.3, 0.4) is 0 Å². The van der Waals surface area contributed by atoms with Crippen LogP contribution in [-0.4, -0.2) is 47.2 Å². The SMILES string of the molecule is CSn1cc2c3c(cc(C(C)(C)C)cc31)[C@H]1C[C@@H](CNC(=O)c3ccccc3)CN(C)[C@@H]1C2. The Bertz CT molecular complexity index is 1180. The summed E-state index contributed by atoms with van der Waals surface area (Å²) in [5.41, 5.74) is 6.61. The minimum absolute atomic E-state index is 0.0282. The molecule has 0 bridgehead atoms. The molecule has 3 atom stereocenters. The lowest BCUT2D eigenvalue weighted by Gasteiger charge is -2.46. The molecule has 2 heterocycles. The van der Waals surface area contributed by atoms with Crippen molar-refractivity contribution in [2.75, 3.05) is 26.4 Å². The van der Waals surface area contributed by atoms with E-state index < -0.39 is 0 Å². The lowest BCUT2D eigenvalue weighted by atomic mass is 9.71. The highest BCUT2D eigenvalue weighted by Crippen LogP contribution is 2.47. The minimum Gasteiger partial charge on any atom is -0.352 e. The molecular formula is C28H35N3OS. The summed E-state index contributed by atoms with van der Waals surface area (Å²) in [6, 6.07) is 15.0. The summed E-state index contributed by atoms with van der Waals surface area (Å²) >= 11 is 1.79. The molecule has 2 aromatic carbocycles. The molecule has 0 spiro atoms. The predicted octanol–water partition coefficient (Wildman–Crippen LogP) is 5.45. The van der Waals surface area contributed by atoms with Crippen molar-refractivity contribution in [2.24, 2.45) is 5.92 Å². The molecule has 1 aromatic heterocycles. The number of likely N-dealkylation sites (N-methyl/N-ethyl adjacent to an activating group) is 1. The Kier molecular flexibility index (Phi) is 5.82. The smallest absolute Gasteiger partial charge is 0.251 e. The molecule has 33 heavy (non-hydrogen) atoms. The Morgan fingerprint density at radius 3 is 2.64 bits per heavy atom. The largest absolute Gasteiger partial charge is 0.352 e. The fourth-order valence-corrected chi connectivity index (χ4v) is 6.43. The van der Waals surface area contributed by atoms with E-state index in [-0.39, 0.29) is 11.3 Å². The molecule has 1 aliphatic heterocycles. The van der Waals surface area contributed by atoms with Gasteiger partial charge in [-0.15, -0.1) is 0 Å². The summed E-state index contributed by atoms with van der Waals surface area (Å²) in [5, 5.41) is 4.68. The van der Waals surface area contributed by atoms with Crippen LogP contribution in [0.4, 0.5) is 0 Å². The second-order valence-corrected chi connectivity index (χ2v) is 11.6. The number of carbonyl (C=O) groups is 1. The monoisotopic (exact) mass is 461 g/mol. The number of nitrogens with zero attached hydrogens (tertiary/aromatic N) is 2. The van der Waals surface area contributed by atoms with Gasteiger partial charge in [0.25, 0.3) is 5.91 Å². The third-order valence-electron chi connectivity index (χ3n) is 7.62. The Morgan fingerprint density at radius 2 is 1.94 bits per heavy atom. The summed E-state index contributed by atoms with van der Waals surface area (Å²) < 4.78 is 2.36. The van der Waals surface area contributed by atoms with Gasteiger partial charge in [-0.2, -0.15) is 0 Å². The fourth-order valence-electron chi connectivity index (χ4n) is 5.85. The number of hydrogen-bond donors (Lipinski definition) is 1. The van der Waals surface area contributed by atoms with Gasteiger partial charge >= 0.3 is 0 Å². The fraction of sp³-hybridized carbons (Fsp3) is 0.464. The molecule has 2 aliphatic rings. The molecule has 3 aromatic rings. The standard InChI is InChI=1S/C28H35N3OS/c1-28(2,3)21-13-23-22-11-18(15-29-27(32)19-9-7-6-8-10-19)16-30(4)24(22)12-20-17-31(33-5)25(14-21)26(20)23/h6-10,13-14,17-18,22,24H,11-12,15-16H2,1-5H3,(H,29,32)/t18-,22+,24+/m0/s1. The van der Waals surface area contributed by atoms with Gasteiger partial charge in [-0.1, -0.05) is 45.0 Å². The van der Waals surface area contributed by atoms with Crippen molar-refractivity contribution in [3.05, 3.63) is 70.9 Å². The summed E-state index contributed by atoms with van der Waals surface area (Å²) in [6.07, 6.45) is 6.75. The zero-order chi connectivity index (χ0) is 23.3. The summed E-state index contributed by atoms with van der Waals surface area (Å²) in [4.78, 5) is 15.2. The van der Waals surface area contributed by atoms with Crippen molar-refractivity contribution < 1.29 is 4.79 Å². The van der Waals surface area contributed by atoms with E-state index in [2.05, 4.69) is 66.6 Å².